The summed E-state index contributed by atoms with van der Waals surface area (Å²) in [5, 5.41) is 11.2. The molecule has 0 saturated heterocycles. The fourth-order valence-corrected chi connectivity index (χ4v) is 1.94. The lowest BCUT2D eigenvalue weighted by Crippen LogP contribution is -2.33. The van der Waals surface area contributed by atoms with E-state index in [2.05, 4.69) is 21.2 Å². The molecule has 120 valence electrons. The van der Waals surface area contributed by atoms with E-state index in [1.807, 2.05) is 0 Å². The molecule has 0 heterocycles. The Balaban J connectivity index is 2.86. The topological polar surface area (TPSA) is 95.9 Å². The first-order valence-corrected chi connectivity index (χ1v) is 7.35. The van der Waals surface area contributed by atoms with Crippen LogP contribution in [-0.2, 0) is 9.53 Å². The maximum Gasteiger partial charge on any atom is 0.340 e. The van der Waals surface area contributed by atoms with Crippen molar-refractivity contribution in [2.45, 2.75) is 13.3 Å². The average Bonchev–Trinajstić information content (AvgIpc) is 2.46. The molecule has 0 aliphatic carbocycles. The highest BCUT2D eigenvalue weighted by molar-refractivity contribution is 9.10. The predicted octanol–water partition coefficient (Wildman–Crippen LogP) is 2.56. The summed E-state index contributed by atoms with van der Waals surface area (Å²) in [4.78, 5) is 35.6. The molecule has 0 aliphatic rings. The minimum Gasteiger partial charge on any atom is -0.481 e. The van der Waals surface area contributed by atoms with E-state index >= 15 is 0 Å². The van der Waals surface area contributed by atoms with Crippen molar-refractivity contribution in [3.05, 3.63) is 28.2 Å². The van der Waals surface area contributed by atoms with Crippen LogP contribution in [0.4, 0.5) is 10.5 Å². The lowest BCUT2D eigenvalue weighted by molar-refractivity contribution is -0.137. The number of rotatable bonds is 6. The standard InChI is InChI=1S/C14H17BrN2O5/c1-3-22-13(20)10-8-9(15)4-5-11(10)16-14(21)17(2)7-6-12(18)19/h4-5,8H,3,6-7H2,1-2H3,(H,16,21)(H,18,19). The van der Waals surface area contributed by atoms with E-state index in [1.165, 1.54) is 11.9 Å². The summed E-state index contributed by atoms with van der Waals surface area (Å²) in [6.45, 7) is 1.97. The van der Waals surface area contributed by atoms with Gasteiger partial charge in [-0.05, 0) is 25.1 Å². The highest BCUT2D eigenvalue weighted by atomic mass is 79.9. The predicted molar refractivity (Wildman–Crippen MR) is 84.0 cm³/mol. The number of carboxylic acids is 1. The molecule has 8 heteroatoms. The molecule has 7 nitrogen and oxygen atoms in total. The number of nitrogens with zero attached hydrogens (tertiary/aromatic N) is 1. The third-order valence-electron chi connectivity index (χ3n) is 2.73. The molecule has 0 radical (unpaired) electrons. The number of carbonyl (C=O) groups is 3. The molecular formula is C14H17BrN2O5. The van der Waals surface area contributed by atoms with Gasteiger partial charge in [-0.25, -0.2) is 9.59 Å². The van der Waals surface area contributed by atoms with E-state index in [9.17, 15) is 14.4 Å². The number of hydrogen-bond donors (Lipinski definition) is 2. The molecule has 0 spiro atoms. The number of benzene rings is 1. The SMILES string of the molecule is CCOC(=O)c1cc(Br)ccc1NC(=O)N(C)CCC(=O)O. The summed E-state index contributed by atoms with van der Waals surface area (Å²) in [7, 11) is 1.47. The van der Waals surface area contributed by atoms with E-state index < -0.39 is 18.0 Å². The summed E-state index contributed by atoms with van der Waals surface area (Å²) in [5.74, 6) is -1.54. The largest absolute Gasteiger partial charge is 0.481 e. The zero-order valence-electron chi connectivity index (χ0n) is 12.3. The van der Waals surface area contributed by atoms with Gasteiger partial charge in [-0.3, -0.25) is 4.79 Å². The number of nitrogens with one attached hydrogen (secondary N) is 1. The smallest absolute Gasteiger partial charge is 0.340 e. The number of halogens is 1. The summed E-state index contributed by atoms with van der Waals surface area (Å²) < 4.78 is 5.62. The minimum absolute atomic E-state index is 0.0619. The van der Waals surface area contributed by atoms with Gasteiger partial charge in [-0.15, -0.1) is 0 Å². The number of anilines is 1. The molecule has 0 unspecified atom stereocenters. The van der Waals surface area contributed by atoms with Crippen molar-refractivity contribution in [2.75, 3.05) is 25.5 Å². The lowest BCUT2D eigenvalue weighted by atomic mass is 10.2. The quantitative estimate of drug-likeness (QED) is 0.748. The van der Waals surface area contributed by atoms with Gasteiger partial charge < -0.3 is 20.1 Å². The molecule has 0 aliphatic heterocycles. The van der Waals surface area contributed by atoms with Crippen molar-refractivity contribution in [3.63, 3.8) is 0 Å². The summed E-state index contributed by atoms with van der Waals surface area (Å²) in [6.07, 6.45) is -0.158. The Morgan fingerprint density at radius 3 is 2.64 bits per heavy atom. The van der Waals surface area contributed by atoms with Gasteiger partial charge in [0, 0.05) is 18.1 Å². The molecule has 0 bridgehead atoms. The number of esters is 1. The maximum atomic E-state index is 12.0. The molecule has 0 atom stereocenters. The second-order valence-corrected chi connectivity index (χ2v) is 5.32. The van der Waals surface area contributed by atoms with Crippen LogP contribution >= 0.6 is 15.9 Å². The lowest BCUT2D eigenvalue weighted by Gasteiger charge is -2.18. The van der Waals surface area contributed by atoms with Crippen LogP contribution in [0.25, 0.3) is 0 Å². The zero-order chi connectivity index (χ0) is 16.7. The van der Waals surface area contributed by atoms with Gasteiger partial charge in [-0.1, -0.05) is 15.9 Å². The molecule has 1 aromatic carbocycles. The molecule has 22 heavy (non-hydrogen) atoms. The van der Waals surface area contributed by atoms with Crippen LogP contribution in [0, 0.1) is 0 Å². The van der Waals surface area contributed by atoms with E-state index in [1.54, 1.807) is 25.1 Å². The van der Waals surface area contributed by atoms with Crippen LogP contribution in [0.15, 0.2) is 22.7 Å². The van der Waals surface area contributed by atoms with Gasteiger partial charge in [-0.2, -0.15) is 0 Å². The maximum absolute atomic E-state index is 12.0. The number of amides is 2. The molecule has 1 rings (SSSR count). The van der Waals surface area contributed by atoms with Gasteiger partial charge in [0.05, 0.1) is 24.3 Å². The normalized spacial score (nSPS) is 9.95. The molecule has 0 fully saturated rings. The fraction of sp³-hybridized carbons (Fsp3) is 0.357. The minimum atomic E-state index is -0.990. The van der Waals surface area contributed by atoms with Crippen molar-refractivity contribution < 1.29 is 24.2 Å². The van der Waals surface area contributed by atoms with Gasteiger partial charge >= 0.3 is 18.0 Å². The van der Waals surface area contributed by atoms with Crippen LogP contribution in [0.2, 0.25) is 0 Å². The number of carbonyl (C=O) groups excluding carboxylic acids is 2. The summed E-state index contributed by atoms with van der Waals surface area (Å²) >= 11 is 3.26. The van der Waals surface area contributed by atoms with Crippen molar-refractivity contribution in [1.82, 2.24) is 4.90 Å². The van der Waals surface area contributed by atoms with E-state index in [0.29, 0.717) is 10.2 Å². The van der Waals surface area contributed by atoms with Crippen molar-refractivity contribution >= 4 is 39.6 Å². The number of aliphatic carboxylic acids is 1. The fourth-order valence-electron chi connectivity index (χ4n) is 1.58. The van der Waals surface area contributed by atoms with Crippen molar-refractivity contribution in [3.8, 4) is 0 Å². The highest BCUT2D eigenvalue weighted by Crippen LogP contribution is 2.22. The third-order valence-corrected chi connectivity index (χ3v) is 3.22. The van der Waals surface area contributed by atoms with Crippen molar-refractivity contribution in [2.24, 2.45) is 0 Å². The molecule has 1 aromatic rings. The first-order chi connectivity index (χ1) is 10.3. The average molecular weight is 373 g/mol. The summed E-state index contributed by atoms with van der Waals surface area (Å²) in [5.41, 5.74) is 0.519. The number of ether oxygens (including phenoxy) is 1. The number of hydrogen-bond acceptors (Lipinski definition) is 4. The van der Waals surface area contributed by atoms with Crippen LogP contribution in [-0.4, -0.2) is 48.2 Å². The Kier molecular flexibility index (Phi) is 6.84. The van der Waals surface area contributed by atoms with Crippen LogP contribution in [0.3, 0.4) is 0 Å². The van der Waals surface area contributed by atoms with E-state index in [0.717, 1.165) is 0 Å². The third kappa shape index (κ3) is 5.36. The molecule has 2 N–H and O–H groups in total. The molecule has 2 amide bonds. The second kappa shape index (κ2) is 8.38. The van der Waals surface area contributed by atoms with E-state index in [4.69, 9.17) is 9.84 Å². The van der Waals surface area contributed by atoms with Crippen molar-refractivity contribution in [1.29, 1.82) is 0 Å². The van der Waals surface area contributed by atoms with Crippen LogP contribution < -0.4 is 5.32 Å². The highest BCUT2D eigenvalue weighted by Gasteiger charge is 2.17. The second-order valence-electron chi connectivity index (χ2n) is 4.41. The number of urea groups is 1. The Bertz CT molecular complexity index is 576. The first kappa shape index (κ1) is 18.0. The molecule has 0 saturated carbocycles. The van der Waals surface area contributed by atoms with E-state index in [-0.39, 0.29) is 25.1 Å². The Morgan fingerprint density at radius 2 is 2.05 bits per heavy atom. The summed E-state index contributed by atoms with van der Waals surface area (Å²) in [6, 6.07) is 4.29. The van der Waals surface area contributed by atoms with Crippen LogP contribution in [0.1, 0.15) is 23.7 Å². The zero-order valence-corrected chi connectivity index (χ0v) is 13.8. The Morgan fingerprint density at radius 1 is 1.36 bits per heavy atom. The Labute approximate surface area is 136 Å². The molecular weight excluding hydrogens is 356 g/mol. The van der Waals surface area contributed by atoms with Crippen LogP contribution in [0.5, 0.6) is 0 Å². The molecule has 0 aromatic heterocycles. The van der Waals surface area contributed by atoms with Gasteiger partial charge in [0.15, 0.2) is 0 Å². The van der Waals surface area contributed by atoms with Gasteiger partial charge in [0.1, 0.15) is 0 Å². The first-order valence-electron chi connectivity index (χ1n) is 6.55. The van der Waals surface area contributed by atoms with Gasteiger partial charge in [0.2, 0.25) is 0 Å². The monoisotopic (exact) mass is 372 g/mol. The van der Waals surface area contributed by atoms with Gasteiger partial charge in [0.25, 0.3) is 0 Å². The number of carboxylic acid groups (broad SMARTS) is 1. The Hall–Kier alpha value is -2.09.